The molecule has 3 N–H and O–H groups in total. The second-order valence-electron chi connectivity index (χ2n) is 3.31. The molecule has 0 aliphatic heterocycles. The van der Waals surface area contributed by atoms with Crippen molar-refractivity contribution in [2.75, 3.05) is 6.61 Å². The van der Waals surface area contributed by atoms with Gasteiger partial charge in [0.15, 0.2) is 11.7 Å². The maximum atomic E-state index is 10.5. The van der Waals surface area contributed by atoms with Crippen molar-refractivity contribution in [1.82, 2.24) is 5.32 Å². The van der Waals surface area contributed by atoms with E-state index in [0.29, 0.717) is 0 Å². The van der Waals surface area contributed by atoms with Gasteiger partial charge in [0.1, 0.15) is 0 Å². The first-order valence-corrected chi connectivity index (χ1v) is 3.67. The summed E-state index contributed by atoms with van der Waals surface area (Å²) >= 11 is 0. The molecule has 0 fully saturated rings. The molecule has 0 saturated carbocycles. The van der Waals surface area contributed by atoms with Gasteiger partial charge in [0.2, 0.25) is 0 Å². The third-order valence-corrected chi connectivity index (χ3v) is 1.20. The van der Waals surface area contributed by atoms with Gasteiger partial charge in [-0.3, -0.25) is 4.79 Å². The lowest BCUT2D eigenvalue weighted by molar-refractivity contribution is -0.112. The lowest BCUT2D eigenvalue weighted by Gasteiger charge is -2.23. The van der Waals surface area contributed by atoms with E-state index in [1.54, 1.807) is 13.8 Å². The maximum absolute atomic E-state index is 10.5. The van der Waals surface area contributed by atoms with Gasteiger partial charge >= 0.3 is 0 Å². The molecule has 0 atom stereocenters. The minimum atomic E-state index is -0.615. The molecule has 0 aliphatic carbocycles. The van der Waals surface area contributed by atoms with Crippen LogP contribution in [0.1, 0.15) is 20.8 Å². The van der Waals surface area contributed by atoms with E-state index in [2.05, 4.69) is 5.32 Å². The van der Waals surface area contributed by atoms with Crippen LogP contribution in [0.5, 0.6) is 0 Å². The van der Waals surface area contributed by atoms with Crippen LogP contribution in [-0.4, -0.2) is 28.1 Å². The zero-order valence-electron chi connectivity index (χ0n) is 7.59. The van der Waals surface area contributed by atoms with Gasteiger partial charge in [-0.05, 0) is 20.8 Å². The number of allylic oxidation sites excluding steroid dienone is 1. The molecule has 0 unspecified atom stereocenters. The van der Waals surface area contributed by atoms with E-state index in [1.807, 2.05) is 0 Å². The number of ketones is 1. The number of aliphatic hydroxyl groups excluding tert-OH is 2. The molecule has 0 aliphatic rings. The highest BCUT2D eigenvalue weighted by atomic mass is 16.3. The smallest absolute Gasteiger partial charge is 0.188 e. The van der Waals surface area contributed by atoms with Crippen LogP contribution in [0.25, 0.3) is 0 Å². The molecule has 0 aromatic carbocycles. The minimum absolute atomic E-state index is 0.122. The van der Waals surface area contributed by atoms with Gasteiger partial charge < -0.3 is 15.5 Å². The Labute approximate surface area is 71.9 Å². The lowest BCUT2D eigenvalue weighted by atomic mass is 10.1. The van der Waals surface area contributed by atoms with E-state index in [9.17, 15) is 4.79 Å². The normalized spacial score (nSPS) is 12.8. The Bertz CT molecular complexity index is 196. The number of hydrogen-bond acceptors (Lipinski definition) is 4. The van der Waals surface area contributed by atoms with Crippen molar-refractivity contribution in [3.63, 3.8) is 0 Å². The third-order valence-electron chi connectivity index (χ3n) is 1.20. The Morgan fingerprint density at radius 3 is 2.42 bits per heavy atom. The highest BCUT2D eigenvalue weighted by Crippen LogP contribution is 2.02. The van der Waals surface area contributed by atoms with Crippen LogP contribution in [0.2, 0.25) is 0 Å². The molecule has 4 nitrogen and oxygen atoms in total. The van der Waals surface area contributed by atoms with Crippen molar-refractivity contribution in [2.45, 2.75) is 26.3 Å². The first kappa shape index (κ1) is 11.0. The molecule has 0 rings (SSSR count). The highest BCUT2D eigenvalue weighted by Gasteiger charge is 2.16. The highest BCUT2D eigenvalue weighted by molar-refractivity contribution is 5.87. The Kier molecular flexibility index (Phi) is 3.76. The standard InChI is InChI=1S/C8H15NO3/c1-6(11)4-7(12)9-8(2,3)5-10/h4,9-10,12H,5H2,1-3H3/b7-4-. The zero-order valence-corrected chi connectivity index (χ0v) is 7.59. The summed E-state index contributed by atoms with van der Waals surface area (Å²) in [6.07, 6.45) is 1.07. The first-order chi connectivity index (χ1) is 5.37. The Hall–Kier alpha value is -1.03. The molecule has 0 amide bonds. The number of rotatable bonds is 4. The van der Waals surface area contributed by atoms with E-state index in [-0.39, 0.29) is 18.3 Å². The quantitative estimate of drug-likeness (QED) is 0.423. The Morgan fingerprint density at radius 2 is 2.08 bits per heavy atom. The summed E-state index contributed by atoms with van der Waals surface area (Å²) in [5.41, 5.74) is -0.615. The Balaban J connectivity index is 4.17. The number of carbonyl (C=O) groups is 1. The molecule has 0 saturated heterocycles. The maximum Gasteiger partial charge on any atom is 0.188 e. The van der Waals surface area contributed by atoms with E-state index in [1.165, 1.54) is 6.92 Å². The van der Waals surface area contributed by atoms with Crippen LogP contribution in [-0.2, 0) is 4.79 Å². The van der Waals surface area contributed by atoms with Crippen LogP contribution in [0.3, 0.4) is 0 Å². The average Bonchev–Trinajstić information content (AvgIpc) is 1.84. The fourth-order valence-electron chi connectivity index (χ4n) is 0.615. The largest absolute Gasteiger partial charge is 0.495 e. The third kappa shape index (κ3) is 4.73. The van der Waals surface area contributed by atoms with Crippen molar-refractivity contribution in [1.29, 1.82) is 0 Å². The molecule has 0 spiro atoms. The average molecular weight is 173 g/mol. The summed E-state index contributed by atoms with van der Waals surface area (Å²) in [6.45, 7) is 4.63. The molecule has 0 aromatic rings. The van der Waals surface area contributed by atoms with E-state index >= 15 is 0 Å². The predicted octanol–water partition coefficient (Wildman–Crippen LogP) is 0.335. The van der Waals surface area contributed by atoms with E-state index < -0.39 is 5.54 Å². The second-order valence-corrected chi connectivity index (χ2v) is 3.31. The molecule has 12 heavy (non-hydrogen) atoms. The first-order valence-electron chi connectivity index (χ1n) is 3.67. The summed E-state index contributed by atoms with van der Waals surface area (Å²) in [5, 5.41) is 20.5. The van der Waals surface area contributed by atoms with Crippen molar-refractivity contribution in [2.24, 2.45) is 0 Å². The van der Waals surface area contributed by atoms with Gasteiger partial charge in [-0.1, -0.05) is 0 Å². The summed E-state index contributed by atoms with van der Waals surface area (Å²) in [4.78, 5) is 10.5. The minimum Gasteiger partial charge on any atom is -0.495 e. The van der Waals surface area contributed by atoms with Crippen LogP contribution in [0, 0.1) is 0 Å². The predicted molar refractivity (Wildman–Crippen MR) is 45.7 cm³/mol. The van der Waals surface area contributed by atoms with Crippen molar-refractivity contribution < 1.29 is 15.0 Å². The summed E-state index contributed by atoms with van der Waals surface area (Å²) in [5.74, 6) is -0.463. The monoisotopic (exact) mass is 173 g/mol. The molecular weight excluding hydrogens is 158 g/mol. The SMILES string of the molecule is CC(=O)/C=C(\O)NC(C)(C)CO. The number of carbonyl (C=O) groups excluding carboxylic acids is 1. The van der Waals surface area contributed by atoms with E-state index in [4.69, 9.17) is 10.2 Å². The summed E-state index contributed by atoms with van der Waals surface area (Å²) in [6, 6.07) is 0. The topological polar surface area (TPSA) is 69.6 Å². The van der Waals surface area contributed by atoms with Crippen molar-refractivity contribution in [3.8, 4) is 0 Å². The second kappa shape index (κ2) is 4.11. The van der Waals surface area contributed by atoms with Crippen LogP contribution in [0.4, 0.5) is 0 Å². The van der Waals surface area contributed by atoms with Gasteiger partial charge in [0.25, 0.3) is 0 Å². The van der Waals surface area contributed by atoms with Crippen LogP contribution >= 0.6 is 0 Å². The molecule has 0 aromatic heterocycles. The van der Waals surface area contributed by atoms with Crippen molar-refractivity contribution in [3.05, 3.63) is 12.0 Å². The van der Waals surface area contributed by atoms with Crippen LogP contribution < -0.4 is 5.32 Å². The molecule has 0 radical (unpaired) electrons. The number of aliphatic hydroxyl groups is 2. The summed E-state index contributed by atoms with van der Waals surface area (Å²) < 4.78 is 0. The molecular formula is C8H15NO3. The fourth-order valence-corrected chi connectivity index (χ4v) is 0.615. The molecule has 4 heteroatoms. The summed E-state index contributed by atoms with van der Waals surface area (Å²) in [7, 11) is 0. The van der Waals surface area contributed by atoms with Gasteiger partial charge in [-0.2, -0.15) is 0 Å². The fraction of sp³-hybridized carbons (Fsp3) is 0.625. The Morgan fingerprint density at radius 1 is 1.58 bits per heavy atom. The lowest BCUT2D eigenvalue weighted by Crippen LogP contribution is -2.42. The molecule has 0 bridgehead atoms. The number of nitrogens with one attached hydrogen (secondary N) is 1. The van der Waals surface area contributed by atoms with Gasteiger partial charge in [-0.15, -0.1) is 0 Å². The van der Waals surface area contributed by atoms with Crippen molar-refractivity contribution >= 4 is 5.78 Å². The number of hydrogen-bond donors (Lipinski definition) is 3. The molecule has 0 heterocycles. The van der Waals surface area contributed by atoms with Crippen LogP contribution in [0.15, 0.2) is 12.0 Å². The van der Waals surface area contributed by atoms with Gasteiger partial charge in [0, 0.05) is 6.08 Å². The van der Waals surface area contributed by atoms with E-state index in [0.717, 1.165) is 6.08 Å². The zero-order chi connectivity index (χ0) is 9.78. The molecule has 70 valence electrons. The van der Waals surface area contributed by atoms with Gasteiger partial charge in [-0.25, -0.2) is 0 Å². The van der Waals surface area contributed by atoms with Gasteiger partial charge in [0.05, 0.1) is 12.1 Å².